The molecule has 0 saturated heterocycles. The third kappa shape index (κ3) is 4.37. The van der Waals surface area contributed by atoms with Gasteiger partial charge in [-0.2, -0.15) is 0 Å². The molecule has 2 N–H and O–H groups in total. The average Bonchev–Trinajstić information content (AvgIpc) is 2.85. The fraction of sp³-hybridized carbons (Fsp3) is 0.500. The minimum absolute atomic E-state index is 0. The standard InChI is InChI=1S/C18H23N5O.2ClH/c24-18(15-10-13-6-3-4-7-14(13)11-19-15)20-12-17-22-21-16-8-2-1-5-9-23(16)17;;/h3-4,6-7,15,19H,1-2,5,8-12H2,(H,20,24);2*1H. The first kappa shape index (κ1) is 20.7. The van der Waals surface area contributed by atoms with Gasteiger partial charge in [-0.3, -0.25) is 4.79 Å². The van der Waals surface area contributed by atoms with Crippen LogP contribution in [0.5, 0.6) is 0 Å². The van der Waals surface area contributed by atoms with Crippen LogP contribution < -0.4 is 10.6 Å². The molecule has 1 unspecified atom stereocenters. The van der Waals surface area contributed by atoms with Crippen molar-refractivity contribution in [3.8, 4) is 0 Å². The number of aromatic nitrogens is 3. The van der Waals surface area contributed by atoms with Crippen LogP contribution in [0, 0.1) is 0 Å². The van der Waals surface area contributed by atoms with E-state index in [4.69, 9.17) is 0 Å². The highest BCUT2D eigenvalue weighted by atomic mass is 35.5. The number of halogens is 2. The Morgan fingerprint density at radius 1 is 1.15 bits per heavy atom. The largest absolute Gasteiger partial charge is 0.347 e. The molecule has 2 aliphatic heterocycles. The van der Waals surface area contributed by atoms with E-state index in [1.165, 1.54) is 24.0 Å². The number of nitrogens with one attached hydrogen (secondary N) is 2. The first-order chi connectivity index (χ1) is 11.8. The molecule has 2 aromatic rings. The van der Waals surface area contributed by atoms with Gasteiger partial charge < -0.3 is 15.2 Å². The van der Waals surface area contributed by atoms with Crippen LogP contribution in [0.15, 0.2) is 24.3 Å². The monoisotopic (exact) mass is 397 g/mol. The molecule has 3 heterocycles. The molecule has 6 nitrogen and oxygen atoms in total. The number of nitrogens with zero attached hydrogens (tertiary/aromatic N) is 3. The molecule has 1 atom stereocenters. The van der Waals surface area contributed by atoms with Gasteiger partial charge >= 0.3 is 0 Å². The molecular formula is C18H25Cl2N5O. The molecular weight excluding hydrogens is 373 g/mol. The summed E-state index contributed by atoms with van der Waals surface area (Å²) in [6.45, 7) is 2.16. The minimum atomic E-state index is -0.175. The van der Waals surface area contributed by atoms with Crippen molar-refractivity contribution in [1.82, 2.24) is 25.4 Å². The van der Waals surface area contributed by atoms with E-state index in [9.17, 15) is 4.79 Å². The van der Waals surface area contributed by atoms with Crippen molar-refractivity contribution in [3.63, 3.8) is 0 Å². The highest BCUT2D eigenvalue weighted by molar-refractivity contribution is 5.85. The lowest BCUT2D eigenvalue weighted by molar-refractivity contribution is -0.123. The number of carbonyl (C=O) groups excluding carboxylic acids is 1. The van der Waals surface area contributed by atoms with Gasteiger partial charge in [0.1, 0.15) is 5.82 Å². The third-order valence-electron chi connectivity index (χ3n) is 5.00. The fourth-order valence-electron chi connectivity index (χ4n) is 3.61. The summed E-state index contributed by atoms with van der Waals surface area (Å²) >= 11 is 0. The quantitative estimate of drug-likeness (QED) is 0.832. The maximum atomic E-state index is 12.5. The minimum Gasteiger partial charge on any atom is -0.347 e. The predicted octanol–water partition coefficient (Wildman–Crippen LogP) is 2.18. The van der Waals surface area contributed by atoms with E-state index in [0.29, 0.717) is 6.54 Å². The Morgan fingerprint density at radius 3 is 2.81 bits per heavy atom. The maximum Gasteiger partial charge on any atom is 0.237 e. The number of hydrogen-bond acceptors (Lipinski definition) is 4. The van der Waals surface area contributed by atoms with Gasteiger partial charge in [-0.05, 0) is 30.4 Å². The summed E-state index contributed by atoms with van der Waals surface area (Å²) in [5.41, 5.74) is 2.54. The van der Waals surface area contributed by atoms with Gasteiger partial charge in [-0.25, -0.2) is 0 Å². The summed E-state index contributed by atoms with van der Waals surface area (Å²) in [7, 11) is 0. The van der Waals surface area contributed by atoms with Crippen LogP contribution in [0.1, 0.15) is 42.0 Å². The molecule has 1 aromatic heterocycles. The lowest BCUT2D eigenvalue weighted by Gasteiger charge is -2.25. The molecule has 0 aliphatic carbocycles. The van der Waals surface area contributed by atoms with E-state index >= 15 is 0 Å². The zero-order valence-corrected chi connectivity index (χ0v) is 16.2. The average molecular weight is 398 g/mol. The number of rotatable bonds is 3. The Bertz CT molecular complexity index is 749. The number of hydrogen-bond donors (Lipinski definition) is 2. The number of carbonyl (C=O) groups is 1. The van der Waals surface area contributed by atoms with E-state index in [0.717, 1.165) is 44.0 Å². The zero-order valence-electron chi connectivity index (χ0n) is 14.6. The molecule has 0 saturated carbocycles. The number of benzene rings is 1. The molecule has 26 heavy (non-hydrogen) atoms. The predicted molar refractivity (Wildman–Crippen MR) is 105 cm³/mol. The molecule has 2 aliphatic rings. The molecule has 1 aromatic carbocycles. The SMILES string of the molecule is Cl.Cl.O=C(NCc1nnc2n1CCCCC2)C1Cc2ccccc2CN1. The first-order valence-corrected chi connectivity index (χ1v) is 8.80. The summed E-state index contributed by atoms with van der Waals surface area (Å²) in [5, 5.41) is 14.9. The Hall–Kier alpha value is -1.63. The first-order valence-electron chi connectivity index (χ1n) is 8.80. The molecule has 0 bridgehead atoms. The lowest BCUT2D eigenvalue weighted by Crippen LogP contribution is -2.47. The Kier molecular flexibility index (Phi) is 7.43. The van der Waals surface area contributed by atoms with E-state index in [1.807, 2.05) is 12.1 Å². The van der Waals surface area contributed by atoms with Crippen LogP contribution in [0.2, 0.25) is 0 Å². The number of amides is 1. The van der Waals surface area contributed by atoms with Gasteiger partial charge in [0.25, 0.3) is 0 Å². The van der Waals surface area contributed by atoms with Crippen LogP contribution in [0.4, 0.5) is 0 Å². The van der Waals surface area contributed by atoms with Crippen LogP contribution in [-0.4, -0.2) is 26.7 Å². The zero-order chi connectivity index (χ0) is 16.4. The highest BCUT2D eigenvalue weighted by Gasteiger charge is 2.24. The van der Waals surface area contributed by atoms with E-state index < -0.39 is 0 Å². The van der Waals surface area contributed by atoms with Crippen LogP contribution in [0.3, 0.4) is 0 Å². The van der Waals surface area contributed by atoms with Gasteiger partial charge in [-0.15, -0.1) is 35.0 Å². The Morgan fingerprint density at radius 2 is 1.96 bits per heavy atom. The smallest absolute Gasteiger partial charge is 0.237 e. The summed E-state index contributed by atoms with van der Waals surface area (Å²) < 4.78 is 2.18. The van der Waals surface area contributed by atoms with E-state index in [2.05, 4.69) is 37.5 Å². The highest BCUT2D eigenvalue weighted by Crippen LogP contribution is 2.17. The van der Waals surface area contributed by atoms with E-state index in [1.54, 1.807) is 0 Å². The van der Waals surface area contributed by atoms with Gasteiger partial charge in [0.15, 0.2) is 5.82 Å². The van der Waals surface area contributed by atoms with Gasteiger partial charge in [0, 0.05) is 19.5 Å². The molecule has 1 amide bonds. The van der Waals surface area contributed by atoms with Crippen molar-refractivity contribution < 1.29 is 4.79 Å². The van der Waals surface area contributed by atoms with Gasteiger partial charge in [0.2, 0.25) is 5.91 Å². The fourth-order valence-corrected chi connectivity index (χ4v) is 3.61. The van der Waals surface area contributed by atoms with Gasteiger partial charge in [-0.1, -0.05) is 30.7 Å². The summed E-state index contributed by atoms with van der Waals surface area (Å²) in [6, 6.07) is 8.12. The van der Waals surface area contributed by atoms with Crippen LogP contribution >= 0.6 is 24.8 Å². The van der Waals surface area contributed by atoms with Gasteiger partial charge in [0.05, 0.1) is 12.6 Å². The summed E-state index contributed by atoms with van der Waals surface area (Å²) in [4.78, 5) is 12.5. The maximum absolute atomic E-state index is 12.5. The van der Waals surface area contributed by atoms with Crippen molar-refractivity contribution in [2.24, 2.45) is 0 Å². The molecule has 4 rings (SSSR count). The summed E-state index contributed by atoms with van der Waals surface area (Å²) in [5.74, 6) is 1.97. The Balaban J connectivity index is 0.00000121. The summed E-state index contributed by atoms with van der Waals surface area (Å²) in [6.07, 6.45) is 5.30. The normalized spacial score (nSPS) is 18.4. The van der Waals surface area contributed by atoms with Crippen LogP contribution in [-0.2, 0) is 37.3 Å². The van der Waals surface area contributed by atoms with Crippen molar-refractivity contribution >= 4 is 30.7 Å². The molecule has 0 fully saturated rings. The Labute approximate surface area is 166 Å². The lowest BCUT2D eigenvalue weighted by atomic mass is 9.95. The topological polar surface area (TPSA) is 71.8 Å². The van der Waals surface area contributed by atoms with Crippen molar-refractivity contribution in [1.29, 1.82) is 0 Å². The second-order valence-electron chi connectivity index (χ2n) is 6.62. The molecule has 8 heteroatoms. The van der Waals surface area contributed by atoms with Crippen molar-refractivity contribution in [2.75, 3.05) is 0 Å². The molecule has 0 spiro atoms. The van der Waals surface area contributed by atoms with Crippen LogP contribution in [0.25, 0.3) is 0 Å². The molecule has 0 radical (unpaired) electrons. The number of fused-ring (bicyclic) bond motifs is 2. The van der Waals surface area contributed by atoms with Crippen molar-refractivity contribution in [3.05, 3.63) is 47.0 Å². The second kappa shape index (κ2) is 9.35. The molecule has 142 valence electrons. The third-order valence-corrected chi connectivity index (χ3v) is 5.00. The van der Waals surface area contributed by atoms with E-state index in [-0.39, 0.29) is 36.8 Å². The number of aryl methyl sites for hydroxylation is 1. The van der Waals surface area contributed by atoms with Crippen molar-refractivity contribution in [2.45, 2.75) is 57.8 Å². The second-order valence-corrected chi connectivity index (χ2v) is 6.62.